The summed E-state index contributed by atoms with van der Waals surface area (Å²) < 4.78 is 5.10. The van der Waals surface area contributed by atoms with Gasteiger partial charge >= 0.3 is 0 Å². The molecule has 1 saturated carbocycles. The number of anilines is 2. The molecule has 3 heterocycles. The molecule has 3 N–H and O–H groups in total. The van der Waals surface area contributed by atoms with Crippen molar-refractivity contribution in [1.82, 2.24) is 15.0 Å². The van der Waals surface area contributed by atoms with Crippen LogP contribution in [0.4, 0.5) is 11.4 Å². The molecular formula is C22H15ClN6O3. The smallest absolute Gasteiger partial charge is 0.291 e. The van der Waals surface area contributed by atoms with Crippen molar-refractivity contribution in [3.05, 3.63) is 59.6 Å². The van der Waals surface area contributed by atoms with Crippen LogP contribution >= 0.6 is 11.6 Å². The van der Waals surface area contributed by atoms with Crippen LogP contribution in [0.5, 0.6) is 0 Å². The lowest BCUT2D eigenvalue weighted by Crippen LogP contribution is -2.22. The van der Waals surface area contributed by atoms with Crippen LogP contribution in [0.25, 0.3) is 22.6 Å². The molecule has 0 bridgehead atoms. The average molecular weight is 447 g/mol. The van der Waals surface area contributed by atoms with Crippen LogP contribution in [-0.2, 0) is 4.79 Å². The Morgan fingerprint density at radius 3 is 2.75 bits per heavy atom. The first-order chi connectivity index (χ1) is 15.5. The molecule has 3 aromatic heterocycles. The van der Waals surface area contributed by atoms with Crippen LogP contribution in [0.1, 0.15) is 23.4 Å². The first-order valence-corrected chi connectivity index (χ1v) is 10.1. The highest BCUT2D eigenvalue weighted by molar-refractivity contribution is 6.33. The van der Waals surface area contributed by atoms with Crippen LogP contribution in [0.3, 0.4) is 0 Å². The highest BCUT2D eigenvalue weighted by Crippen LogP contribution is 2.45. The van der Waals surface area contributed by atoms with Gasteiger partial charge in [0, 0.05) is 11.3 Å². The van der Waals surface area contributed by atoms with Gasteiger partial charge in [-0.1, -0.05) is 11.6 Å². The fourth-order valence-corrected chi connectivity index (χ4v) is 3.45. The van der Waals surface area contributed by atoms with E-state index in [2.05, 4.69) is 31.7 Å². The van der Waals surface area contributed by atoms with Crippen LogP contribution in [0, 0.1) is 16.7 Å². The van der Waals surface area contributed by atoms with E-state index in [0.717, 1.165) is 0 Å². The van der Waals surface area contributed by atoms with Crippen molar-refractivity contribution in [1.29, 1.82) is 5.26 Å². The molecule has 1 aromatic carbocycles. The Kier molecular flexibility index (Phi) is 4.64. The molecule has 1 fully saturated rings. The standard InChI is InChI=1S/C22H15ClN6O3/c23-15-4-3-12(26-20(30)17-2-1-7-32-17)8-14(15)18-28-16-9-13(10-25-19(16)29-18)27-21(31)22(11-24)5-6-22/h1-4,7-10H,5-6H2,(H,26,30)(H,27,31)(H,25,28,29). The van der Waals surface area contributed by atoms with Gasteiger partial charge in [0.2, 0.25) is 5.91 Å². The highest BCUT2D eigenvalue weighted by atomic mass is 35.5. The van der Waals surface area contributed by atoms with E-state index in [1.165, 1.54) is 12.5 Å². The minimum atomic E-state index is -0.928. The molecule has 0 spiro atoms. The van der Waals surface area contributed by atoms with Crippen molar-refractivity contribution in [2.45, 2.75) is 12.8 Å². The fraction of sp³-hybridized carbons (Fsp3) is 0.136. The van der Waals surface area contributed by atoms with Crippen LogP contribution in [-0.4, -0.2) is 26.8 Å². The number of aromatic amines is 1. The number of nitriles is 1. The Balaban J connectivity index is 1.41. The lowest BCUT2D eigenvalue weighted by Gasteiger charge is -2.07. The van der Waals surface area contributed by atoms with Crippen molar-refractivity contribution in [3.63, 3.8) is 0 Å². The van der Waals surface area contributed by atoms with Gasteiger partial charge in [-0.05, 0) is 49.2 Å². The fourth-order valence-electron chi connectivity index (χ4n) is 3.25. The SMILES string of the molecule is N#CC1(C(=O)Nc2cnc3nc(-c4cc(NC(=O)c5ccco5)ccc4Cl)[nH]c3c2)CC1. The molecule has 2 amide bonds. The molecule has 158 valence electrons. The number of carbonyl (C=O) groups excluding carboxylic acids is 2. The number of halogens is 1. The van der Waals surface area contributed by atoms with E-state index in [1.54, 1.807) is 36.4 Å². The maximum absolute atomic E-state index is 12.3. The molecule has 1 aliphatic carbocycles. The van der Waals surface area contributed by atoms with Crippen molar-refractivity contribution >= 4 is 46.0 Å². The van der Waals surface area contributed by atoms with Crippen molar-refractivity contribution in [3.8, 4) is 17.5 Å². The number of benzene rings is 1. The highest BCUT2D eigenvalue weighted by Gasteiger charge is 2.50. The van der Waals surface area contributed by atoms with E-state index < -0.39 is 5.41 Å². The van der Waals surface area contributed by atoms with Crippen molar-refractivity contribution < 1.29 is 14.0 Å². The van der Waals surface area contributed by atoms with E-state index in [9.17, 15) is 14.9 Å². The number of hydrogen-bond donors (Lipinski definition) is 3. The number of nitrogens with zero attached hydrogens (tertiary/aromatic N) is 3. The molecule has 0 radical (unpaired) electrons. The average Bonchev–Trinajstić information content (AvgIpc) is 3.19. The molecule has 0 unspecified atom stereocenters. The third kappa shape index (κ3) is 3.57. The van der Waals surface area contributed by atoms with Gasteiger partial charge in [0.15, 0.2) is 11.4 Å². The predicted octanol–water partition coefficient (Wildman–Crippen LogP) is 4.37. The number of imidazole rings is 1. The molecule has 9 nitrogen and oxygen atoms in total. The van der Waals surface area contributed by atoms with E-state index in [0.29, 0.717) is 51.8 Å². The maximum atomic E-state index is 12.3. The normalized spacial score (nSPS) is 14.0. The Hall–Kier alpha value is -4.16. The minimum Gasteiger partial charge on any atom is -0.459 e. The summed E-state index contributed by atoms with van der Waals surface area (Å²) in [6.45, 7) is 0. The molecule has 1 aliphatic rings. The number of pyridine rings is 1. The minimum absolute atomic E-state index is 0.188. The summed E-state index contributed by atoms with van der Waals surface area (Å²) in [5.41, 5.74) is 1.63. The van der Waals surface area contributed by atoms with Gasteiger partial charge in [-0.15, -0.1) is 0 Å². The number of amides is 2. The zero-order valence-corrected chi connectivity index (χ0v) is 17.2. The number of carbonyl (C=O) groups is 2. The van der Waals surface area contributed by atoms with E-state index in [4.69, 9.17) is 16.0 Å². The van der Waals surface area contributed by atoms with E-state index in [-0.39, 0.29) is 17.6 Å². The second kappa shape index (κ2) is 7.51. The molecule has 5 rings (SSSR count). The number of H-pyrrole nitrogens is 1. The second-order valence-corrected chi connectivity index (χ2v) is 7.86. The van der Waals surface area contributed by atoms with Crippen molar-refractivity contribution in [2.24, 2.45) is 5.41 Å². The summed E-state index contributed by atoms with van der Waals surface area (Å²) in [4.78, 5) is 36.4. The summed E-state index contributed by atoms with van der Waals surface area (Å²) in [5, 5.41) is 15.1. The number of hydrogen-bond acceptors (Lipinski definition) is 6. The Labute approximate surface area is 186 Å². The number of rotatable bonds is 5. The number of nitrogens with one attached hydrogen (secondary N) is 3. The van der Waals surface area contributed by atoms with Crippen LogP contribution in [0.2, 0.25) is 5.02 Å². The third-order valence-electron chi connectivity index (χ3n) is 5.22. The predicted molar refractivity (Wildman–Crippen MR) is 117 cm³/mol. The van der Waals surface area contributed by atoms with Crippen LogP contribution in [0.15, 0.2) is 53.3 Å². The Morgan fingerprint density at radius 2 is 2.03 bits per heavy atom. The maximum Gasteiger partial charge on any atom is 0.291 e. The van der Waals surface area contributed by atoms with Gasteiger partial charge in [0.25, 0.3) is 5.91 Å². The molecule has 0 aliphatic heterocycles. The van der Waals surface area contributed by atoms with Gasteiger partial charge in [-0.3, -0.25) is 9.59 Å². The Bertz CT molecular complexity index is 1400. The summed E-state index contributed by atoms with van der Waals surface area (Å²) in [5.74, 6) is -0.0798. The first-order valence-electron chi connectivity index (χ1n) is 9.71. The zero-order valence-electron chi connectivity index (χ0n) is 16.5. The largest absolute Gasteiger partial charge is 0.459 e. The molecule has 0 saturated heterocycles. The van der Waals surface area contributed by atoms with Gasteiger partial charge in [0.1, 0.15) is 11.2 Å². The summed E-state index contributed by atoms with van der Waals surface area (Å²) >= 11 is 6.37. The lowest BCUT2D eigenvalue weighted by atomic mass is 10.1. The summed E-state index contributed by atoms with van der Waals surface area (Å²) in [7, 11) is 0. The number of aromatic nitrogens is 3. The quantitative estimate of drug-likeness (QED) is 0.416. The topological polar surface area (TPSA) is 137 Å². The molecule has 4 aromatic rings. The summed E-state index contributed by atoms with van der Waals surface area (Å²) in [6, 6.07) is 12.0. The second-order valence-electron chi connectivity index (χ2n) is 7.45. The van der Waals surface area contributed by atoms with Gasteiger partial charge < -0.3 is 20.0 Å². The zero-order chi connectivity index (χ0) is 22.3. The van der Waals surface area contributed by atoms with Crippen LogP contribution < -0.4 is 10.6 Å². The molecular weight excluding hydrogens is 432 g/mol. The van der Waals surface area contributed by atoms with E-state index in [1.807, 2.05) is 0 Å². The first kappa shape index (κ1) is 19.8. The molecule has 0 atom stereocenters. The number of fused-ring (bicyclic) bond motifs is 1. The molecule has 10 heteroatoms. The monoisotopic (exact) mass is 446 g/mol. The van der Waals surface area contributed by atoms with Gasteiger partial charge in [0.05, 0.1) is 34.8 Å². The van der Waals surface area contributed by atoms with Crippen molar-refractivity contribution in [2.75, 3.05) is 10.6 Å². The molecule has 32 heavy (non-hydrogen) atoms. The number of furan rings is 1. The lowest BCUT2D eigenvalue weighted by molar-refractivity contribution is -0.119. The van der Waals surface area contributed by atoms with E-state index >= 15 is 0 Å². The summed E-state index contributed by atoms with van der Waals surface area (Å²) in [6.07, 6.45) is 4.03. The Morgan fingerprint density at radius 1 is 1.19 bits per heavy atom. The third-order valence-corrected chi connectivity index (χ3v) is 5.55. The van der Waals surface area contributed by atoms with Gasteiger partial charge in [-0.2, -0.15) is 5.26 Å². The van der Waals surface area contributed by atoms with Gasteiger partial charge in [-0.25, -0.2) is 9.97 Å².